The second-order valence-corrected chi connectivity index (χ2v) is 4.33. The van der Waals surface area contributed by atoms with E-state index >= 15 is 0 Å². The van der Waals surface area contributed by atoms with Gasteiger partial charge >= 0.3 is 0 Å². The third kappa shape index (κ3) is 6.25. The minimum absolute atomic E-state index is 0.0883. The Bertz CT molecular complexity index is 362. The molecule has 0 radical (unpaired) electrons. The summed E-state index contributed by atoms with van der Waals surface area (Å²) in [5.41, 5.74) is 0.636. The molecular formula is C15H23NO3. The van der Waals surface area contributed by atoms with Crippen LogP contribution in [-0.2, 0) is 4.74 Å². The Morgan fingerprint density at radius 3 is 2.53 bits per heavy atom. The molecule has 0 heterocycles. The van der Waals surface area contributed by atoms with Crippen LogP contribution in [0.5, 0.6) is 5.75 Å². The number of nitrogens with one attached hydrogen (secondary N) is 1. The normalized spacial score (nSPS) is 10.2. The van der Waals surface area contributed by atoms with Crippen LogP contribution >= 0.6 is 0 Å². The van der Waals surface area contributed by atoms with Gasteiger partial charge in [0.1, 0.15) is 5.75 Å². The van der Waals surface area contributed by atoms with Crippen LogP contribution in [-0.4, -0.2) is 32.8 Å². The Hall–Kier alpha value is -1.55. The predicted octanol–water partition coefficient (Wildman–Crippen LogP) is 2.63. The molecule has 1 aromatic carbocycles. The molecule has 1 aromatic rings. The molecule has 0 saturated carbocycles. The molecule has 0 aromatic heterocycles. The number of unbranched alkanes of at least 4 members (excludes halogenated alkanes) is 2. The van der Waals surface area contributed by atoms with E-state index in [1.165, 1.54) is 12.8 Å². The number of carbonyl (C=O) groups excluding carboxylic acids is 1. The fraction of sp³-hybridized carbons (Fsp3) is 0.533. The molecule has 0 bridgehead atoms. The molecule has 0 aliphatic rings. The van der Waals surface area contributed by atoms with Gasteiger partial charge in [0.2, 0.25) is 0 Å². The highest BCUT2D eigenvalue weighted by Gasteiger charge is 2.04. The lowest BCUT2D eigenvalue weighted by atomic mass is 10.2. The van der Waals surface area contributed by atoms with Gasteiger partial charge in [0.25, 0.3) is 5.91 Å². The molecule has 1 N–H and O–H groups in total. The Morgan fingerprint density at radius 1 is 1.16 bits per heavy atom. The number of ether oxygens (including phenoxy) is 2. The molecule has 0 spiro atoms. The monoisotopic (exact) mass is 265 g/mol. The van der Waals surface area contributed by atoms with E-state index in [1.54, 1.807) is 19.2 Å². The van der Waals surface area contributed by atoms with E-state index in [1.807, 2.05) is 12.1 Å². The number of carbonyl (C=O) groups is 1. The second kappa shape index (κ2) is 9.39. The molecule has 0 fully saturated rings. The maximum Gasteiger partial charge on any atom is 0.251 e. The molecule has 0 atom stereocenters. The zero-order valence-electron chi connectivity index (χ0n) is 11.8. The van der Waals surface area contributed by atoms with Gasteiger partial charge < -0.3 is 14.8 Å². The van der Waals surface area contributed by atoms with Gasteiger partial charge in [0.15, 0.2) is 0 Å². The average molecular weight is 265 g/mol. The molecule has 4 nitrogen and oxygen atoms in total. The largest absolute Gasteiger partial charge is 0.494 e. The van der Waals surface area contributed by atoms with E-state index in [-0.39, 0.29) is 5.91 Å². The van der Waals surface area contributed by atoms with Gasteiger partial charge in [-0.05, 0) is 30.7 Å². The van der Waals surface area contributed by atoms with E-state index < -0.39 is 0 Å². The van der Waals surface area contributed by atoms with Gasteiger partial charge in [0.05, 0.1) is 13.2 Å². The Kier molecular flexibility index (Phi) is 7.66. The SMILES string of the molecule is CCCCCOc1ccc(C(=O)NCCOC)cc1. The minimum Gasteiger partial charge on any atom is -0.494 e. The number of rotatable bonds is 9. The van der Waals surface area contributed by atoms with Crippen LogP contribution in [0.15, 0.2) is 24.3 Å². The van der Waals surface area contributed by atoms with Crippen LogP contribution in [0.4, 0.5) is 0 Å². The Labute approximate surface area is 115 Å². The molecule has 0 aliphatic carbocycles. The van der Waals surface area contributed by atoms with Crippen molar-refractivity contribution in [3.05, 3.63) is 29.8 Å². The maximum absolute atomic E-state index is 11.7. The summed E-state index contributed by atoms with van der Waals surface area (Å²) in [6.07, 6.45) is 3.43. The molecule has 0 aliphatic heterocycles. The summed E-state index contributed by atoms with van der Waals surface area (Å²) in [6.45, 7) is 3.93. The van der Waals surface area contributed by atoms with Crippen molar-refractivity contribution in [2.45, 2.75) is 26.2 Å². The second-order valence-electron chi connectivity index (χ2n) is 4.33. The van der Waals surface area contributed by atoms with Crippen molar-refractivity contribution >= 4 is 5.91 Å². The third-order valence-corrected chi connectivity index (χ3v) is 2.72. The van der Waals surface area contributed by atoms with Crippen molar-refractivity contribution < 1.29 is 14.3 Å². The summed E-state index contributed by atoms with van der Waals surface area (Å²) in [7, 11) is 1.61. The van der Waals surface area contributed by atoms with Gasteiger partial charge in [-0.1, -0.05) is 19.8 Å². The number of benzene rings is 1. The van der Waals surface area contributed by atoms with Crippen molar-refractivity contribution in [3.8, 4) is 5.75 Å². The number of hydrogen-bond acceptors (Lipinski definition) is 3. The summed E-state index contributed by atoms with van der Waals surface area (Å²) >= 11 is 0. The zero-order valence-corrected chi connectivity index (χ0v) is 11.8. The van der Waals surface area contributed by atoms with Crippen LogP contribution in [0.25, 0.3) is 0 Å². The van der Waals surface area contributed by atoms with E-state index in [4.69, 9.17) is 9.47 Å². The third-order valence-electron chi connectivity index (χ3n) is 2.72. The summed E-state index contributed by atoms with van der Waals surface area (Å²) in [5, 5.41) is 2.77. The van der Waals surface area contributed by atoms with Crippen molar-refractivity contribution in [1.82, 2.24) is 5.32 Å². The predicted molar refractivity (Wildman–Crippen MR) is 75.7 cm³/mol. The average Bonchev–Trinajstić information content (AvgIpc) is 2.44. The van der Waals surface area contributed by atoms with E-state index in [0.29, 0.717) is 18.7 Å². The Morgan fingerprint density at radius 2 is 1.89 bits per heavy atom. The quantitative estimate of drug-likeness (QED) is 0.698. The fourth-order valence-corrected chi connectivity index (χ4v) is 1.61. The van der Waals surface area contributed by atoms with Crippen molar-refractivity contribution in [3.63, 3.8) is 0 Å². The van der Waals surface area contributed by atoms with Crippen molar-refractivity contribution in [1.29, 1.82) is 0 Å². The molecular weight excluding hydrogens is 242 g/mol. The smallest absolute Gasteiger partial charge is 0.251 e. The molecule has 1 rings (SSSR count). The highest BCUT2D eigenvalue weighted by Crippen LogP contribution is 2.12. The lowest BCUT2D eigenvalue weighted by molar-refractivity contribution is 0.0937. The van der Waals surface area contributed by atoms with E-state index in [0.717, 1.165) is 18.8 Å². The topological polar surface area (TPSA) is 47.6 Å². The summed E-state index contributed by atoms with van der Waals surface area (Å²) < 4.78 is 10.5. The first-order chi connectivity index (χ1) is 9.27. The molecule has 0 saturated heterocycles. The van der Waals surface area contributed by atoms with Crippen LogP contribution in [0.2, 0.25) is 0 Å². The Balaban J connectivity index is 2.36. The van der Waals surface area contributed by atoms with Gasteiger partial charge in [0, 0.05) is 19.2 Å². The molecule has 4 heteroatoms. The molecule has 106 valence electrons. The van der Waals surface area contributed by atoms with Crippen LogP contribution in [0.3, 0.4) is 0 Å². The number of hydrogen-bond donors (Lipinski definition) is 1. The standard InChI is InChI=1S/C15H23NO3/c1-3-4-5-11-19-14-8-6-13(7-9-14)15(17)16-10-12-18-2/h6-9H,3-5,10-12H2,1-2H3,(H,16,17). The fourth-order valence-electron chi connectivity index (χ4n) is 1.61. The maximum atomic E-state index is 11.7. The highest BCUT2D eigenvalue weighted by atomic mass is 16.5. The van der Waals surface area contributed by atoms with Gasteiger partial charge in [-0.2, -0.15) is 0 Å². The zero-order chi connectivity index (χ0) is 13.9. The first-order valence-electron chi connectivity index (χ1n) is 6.78. The van der Waals surface area contributed by atoms with Crippen molar-refractivity contribution in [2.75, 3.05) is 26.9 Å². The van der Waals surface area contributed by atoms with Crippen molar-refractivity contribution in [2.24, 2.45) is 0 Å². The molecule has 19 heavy (non-hydrogen) atoms. The molecule has 1 amide bonds. The van der Waals surface area contributed by atoms with Gasteiger partial charge in [-0.15, -0.1) is 0 Å². The van der Waals surface area contributed by atoms with Crippen LogP contribution in [0.1, 0.15) is 36.5 Å². The lowest BCUT2D eigenvalue weighted by Gasteiger charge is -2.07. The van der Waals surface area contributed by atoms with Crippen LogP contribution in [0, 0.1) is 0 Å². The van der Waals surface area contributed by atoms with Gasteiger partial charge in [-0.3, -0.25) is 4.79 Å². The summed E-state index contributed by atoms with van der Waals surface area (Å²) in [6, 6.07) is 7.21. The van der Waals surface area contributed by atoms with Gasteiger partial charge in [-0.25, -0.2) is 0 Å². The number of methoxy groups -OCH3 is 1. The van der Waals surface area contributed by atoms with E-state index in [9.17, 15) is 4.79 Å². The molecule has 0 unspecified atom stereocenters. The summed E-state index contributed by atoms with van der Waals surface area (Å²) in [4.78, 5) is 11.7. The number of amides is 1. The van der Waals surface area contributed by atoms with Crippen LogP contribution < -0.4 is 10.1 Å². The summed E-state index contributed by atoms with van der Waals surface area (Å²) in [5.74, 6) is 0.721. The minimum atomic E-state index is -0.0883. The van der Waals surface area contributed by atoms with E-state index in [2.05, 4.69) is 12.2 Å². The first-order valence-corrected chi connectivity index (χ1v) is 6.78. The lowest BCUT2D eigenvalue weighted by Crippen LogP contribution is -2.26. The first kappa shape index (κ1) is 15.5. The highest BCUT2D eigenvalue weighted by molar-refractivity contribution is 5.94.